The fourth-order valence-corrected chi connectivity index (χ4v) is 7.44. The first-order valence-electron chi connectivity index (χ1n) is 26.2. The Kier molecular flexibility index (Phi) is 49.4. The van der Waals surface area contributed by atoms with Crippen molar-refractivity contribution in [1.82, 2.24) is 0 Å². The molecule has 0 radical (unpaired) electrons. The Bertz CT molecular complexity index is 997. The normalized spacial score (nSPS) is 12.5. The van der Waals surface area contributed by atoms with Crippen LogP contribution in [0.4, 0.5) is 0 Å². The molecule has 0 amide bonds. The van der Waals surface area contributed by atoms with Gasteiger partial charge in [0.15, 0.2) is 6.10 Å². The van der Waals surface area contributed by atoms with E-state index in [1.807, 2.05) is 0 Å². The summed E-state index contributed by atoms with van der Waals surface area (Å²) in [7, 11) is 0. The van der Waals surface area contributed by atoms with E-state index < -0.39 is 6.10 Å². The standard InChI is InChI=1S/C55H100O5/c1-4-7-10-13-16-19-22-24-26-28-29-31-34-37-40-43-46-49-55(57)60-53(52-59-54(56)48-45-42-39-36-33-21-18-15-12-9-6-3)51-58-50-47-44-41-38-35-32-30-27-25-23-20-17-14-11-8-5-2/h16,19,24,26,29,31,37,40,53H,4-15,17-18,20-23,25,27-28,30,32-36,38-39,41-52H2,1-3H3/b19-16-,26-24-,31-29-,40-37-/t53-/m1/s1. The summed E-state index contributed by atoms with van der Waals surface area (Å²) in [6.07, 6.45) is 62.7. The highest BCUT2D eigenvalue weighted by molar-refractivity contribution is 5.70. The van der Waals surface area contributed by atoms with Crippen LogP contribution in [-0.4, -0.2) is 37.9 Å². The summed E-state index contributed by atoms with van der Waals surface area (Å²) < 4.78 is 17.4. The molecule has 5 heteroatoms. The van der Waals surface area contributed by atoms with Gasteiger partial charge in [-0.05, 0) is 57.8 Å². The minimum atomic E-state index is -0.559. The Labute approximate surface area is 373 Å². The van der Waals surface area contributed by atoms with Gasteiger partial charge in [-0.2, -0.15) is 0 Å². The molecule has 0 unspecified atom stereocenters. The number of carbonyl (C=O) groups is 2. The van der Waals surface area contributed by atoms with Crippen LogP contribution in [-0.2, 0) is 23.8 Å². The monoisotopic (exact) mass is 841 g/mol. The molecule has 0 bridgehead atoms. The van der Waals surface area contributed by atoms with E-state index in [1.165, 1.54) is 173 Å². The molecule has 0 N–H and O–H groups in total. The van der Waals surface area contributed by atoms with E-state index in [-0.39, 0.29) is 25.2 Å². The molecule has 0 aromatic heterocycles. The fourth-order valence-electron chi connectivity index (χ4n) is 7.44. The molecule has 0 aromatic carbocycles. The van der Waals surface area contributed by atoms with Gasteiger partial charge >= 0.3 is 11.9 Å². The van der Waals surface area contributed by atoms with Crippen molar-refractivity contribution in [3.63, 3.8) is 0 Å². The lowest BCUT2D eigenvalue weighted by Crippen LogP contribution is -2.30. The second kappa shape index (κ2) is 51.2. The second-order valence-corrected chi connectivity index (χ2v) is 17.4. The Balaban J connectivity index is 4.31. The SMILES string of the molecule is CCCCC/C=C\C/C=C\C/C=C\C/C=C\CCCC(=O)O[C@H](COCCCCCCCCCCCCCCCCCC)COC(=O)CCCCCCCCCCCCC. The minimum absolute atomic E-state index is 0.0682. The van der Waals surface area contributed by atoms with Gasteiger partial charge in [-0.15, -0.1) is 0 Å². The number of ether oxygens (including phenoxy) is 3. The predicted molar refractivity (Wildman–Crippen MR) is 261 cm³/mol. The lowest BCUT2D eigenvalue weighted by molar-refractivity contribution is -0.162. The second-order valence-electron chi connectivity index (χ2n) is 17.4. The maximum atomic E-state index is 12.8. The first-order valence-corrected chi connectivity index (χ1v) is 26.2. The first-order chi connectivity index (χ1) is 29.6. The summed E-state index contributed by atoms with van der Waals surface area (Å²) in [6.45, 7) is 7.77. The highest BCUT2D eigenvalue weighted by Crippen LogP contribution is 2.15. The number of hydrogen-bond acceptors (Lipinski definition) is 5. The van der Waals surface area contributed by atoms with Crippen LogP contribution in [0.15, 0.2) is 48.6 Å². The highest BCUT2D eigenvalue weighted by atomic mass is 16.6. The third kappa shape index (κ3) is 48.5. The summed E-state index contributed by atoms with van der Waals surface area (Å²) in [5.74, 6) is -0.450. The number of carbonyl (C=O) groups excluding carboxylic acids is 2. The van der Waals surface area contributed by atoms with Crippen LogP contribution in [0.2, 0.25) is 0 Å². The zero-order valence-electron chi connectivity index (χ0n) is 40.2. The zero-order valence-corrected chi connectivity index (χ0v) is 40.2. The minimum Gasteiger partial charge on any atom is -0.462 e. The number of rotatable bonds is 48. The van der Waals surface area contributed by atoms with Crippen molar-refractivity contribution in [2.75, 3.05) is 19.8 Å². The summed E-state index contributed by atoms with van der Waals surface area (Å²) >= 11 is 0. The molecule has 0 spiro atoms. The Morgan fingerprint density at radius 1 is 0.367 bits per heavy atom. The summed E-state index contributed by atoms with van der Waals surface area (Å²) in [5.41, 5.74) is 0. The number of hydrogen-bond donors (Lipinski definition) is 0. The molecule has 1 atom stereocenters. The molecule has 5 nitrogen and oxygen atoms in total. The van der Waals surface area contributed by atoms with Crippen LogP contribution >= 0.6 is 0 Å². The van der Waals surface area contributed by atoms with Crippen molar-refractivity contribution >= 4 is 11.9 Å². The van der Waals surface area contributed by atoms with Crippen molar-refractivity contribution in [3.05, 3.63) is 48.6 Å². The molecule has 0 aliphatic carbocycles. The van der Waals surface area contributed by atoms with Crippen molar-refractivity contribution in [2.45, 2.75) is 271 Å². The fraction of sp³-hybridized carbons (Fsp3) is 0.818. The summed E-state index contributed by atoms with van der Waals surface area (Å²) in [5, 5.41) is 0. The Hall–Kier alpha value is -2.14. The van der Waals surface area contributed by atoms with Gasteiger partial charge in [-0.3, -0.25) is 9.59 Å². The quantitative estimate of drug-likeness (QED) is 0.0347. The van der Waals surface area contributed by atoms with Crippen molar-refractivity contribution < 1.29 is 23.8 Å². The van der Waals surface area contributed by atoms with E-state index in [1.54, 1.807) is 0 Å². The molecule has 0 saturated heterocycles. The third-order valence-corrected chi connectivity index (χ3v) is 11.4. The topological polar surface area (TPSA) is 61.8 Å². The Morgan fingerprint density at radius 2 is 0.717 bits per heavy atom. The average Bonchev–Trinajstić information content (AvgIpc) is 3.25. The van der Waals surface area contributed by atoms with Gasteiger partial charge in [-0.25, -0.2) is 0 Å². The van der Waals surface area contributed by atoms with E-state index >= 15 is 0 Å². The summed E-state index contributed by atoms with van der Waals surface area (Å²) in [6, 6.07) is 0. The van der Waals surface area contributed by atoms with Gasteiger partial charge in [-0.1, -0.05) is 243 Å². The third-order valence-electron chi connectivity index (χ3n) is 11.4. The van der Waals surface area contributed by atoms with Gasteiger partial charge in [0.25, 0.3) is 0 Å². The molecule has 60 heavy (non-hydrogen) atoms. The zero-order chi connectivity index (χ0) is 43.5. The van der Waals surface area contributed by atoms with Gasteiger partial charge in [0.05, 0.1) is 6.61 Å². The molecule has 0 aromatic rings. The van der Waals surface area contributed by atoms with Crippen LogP contribution in [0.1, 0.15) is 265 Å². The molecular weight excluding hydrogens is 741 g/mol. The van der Waals surface area contributed by atoms with E-state index in [0.717, 1.165) is 57.8 Å². The highest BCUT2D eigenvalue weighted by Gasteiger charge is 2.17. The van der Waals surface area contributed by atoms with Gasteiger partial charge in [0.2, 0.25) is 0 Å². The number of esters is 2. The van der Waals surface area contributed by atoms with Crippen molar-refractivity contribution in [3.8, 4) is 0 Å². The lowest BCUT2D eigenvalue weighted by Gasteiger charge is -2.18. The molecule has 0 fully saturated rings. The van der Waals surface area contributed by atoms with E-state index in [4.69, 9.17) is 14.2 Å². The maximum absolute atomic E-state index is 12.8. The smallest absolute Gasteiger partial charge is 0.306 e. The molecule has 350 valence electrons. The molecule has 0 aliphatic rings. The largest absolute Gasteiger partial charge is 0.462 e. The van der Waals surface area contributed by atoms with Crippen molar-refractivity contribution in [1.29, 1.82) is 0 Å². The average molecular weight is 841 g/mol. The van der Waals surface area contributed by atoms with E-state index in [2.05, 4.69) is 69.4 Å². The van der Waals surface area contributed by atoms with Crippen LogP contribution in [0, 0.1) is 0 Å². The predicted octanol–water partition coefficient (Wildman–Crippen LogP) is 17.6. The van der Waals surface area contributed by atoms with E-state index in [9.17, 15) is 9.59 Å². The lowest BCUT2D eigenvalue weighted by atomic mass is 10.0. The van der Waals surface area contributed by atoms with Crippen LogP contribution < -0.4 is 0 Å². The molecule has 0 aliphatic heterocycles. The molecule has 0 heterocycles. The van der Waals surface area contributed by atoms with Crippen LogP contribution in [0.3, 0.4) is 0 Å². The van der Waals surface area contributed by atoms with Crippen LogP contribution in [0.25, 0.3) is 0 Å². The van der Waals surface area contributed by atoms with Gasteiger partial charge < -0.3 is 14.2 Å². The molecular formula is C55H100O5. The Morgan fingerprint density at radius 3 is 1.17 bits per heavy atom. The van der Waals surface area contributed by atoms with E-state index in [0.29, 0.717) is 19.4 Å². The number of allylic oxidation sites excluding steroid dienone is 8. The van der Waals surface area contributed by atoms with Crippen molar-refractivity contribution in [2.24, 2.45) is 0 Å². The molecule has 0 saturated carbocycles. The number of unbranched alkanes of at least 4 members (excludes halogenated alkanes) is 29. The van der Waals surface area contributed by atoms with Gasteiger partial charge in [0.1, 0.15) is 6.61 Å². The summed E-state index contributed by atoms with van der Waals surface area (Å²) in [4.78, 5) is 25.3. The molecule has 0 rings (SSSR count). The maximum Gasteiger partial charge on any atom is 0.306 e. The van der Waals surface area contributed by atoms with Gasteiger partial charge in [0, 0.05) is 19.4 Å². The first kappa shape index (κ1) is 57.9. The van der Waals surface area contributed by atoms with Crippen LogP contribution in [0.5, 0.6) is 0 Å².